The van der Waals surface area contributed by atoms with Crippen molar-refractivity contribution < 1.29 is 0 Å². The first kappa shape index (κ1) is 19.9. The number of thiocarbonyl (C=S) groups is 1. The van der Waals surface area contributed by atoms with Crippen LogP contribution in [-0.2, 0) is 0 Å². The van der Waals surface area contributed by atoms with Crippen LogP contribution in [0.1, 0.15) is 63.0 Å². The number of hydrogen-bond donors (Lipinski definition) is 1. The summed E-state index contributed by atoms with van der Waals surface area (Å²) in [5.74, 6) is 0. The fraction of sp³-hybridized carbons (Fsp3) is 0.417. The quantitative estimate of drug-likeness (QED) is 0.715. The van der Waals surface area contributed by atoms with Gasteiger partial charge in [-0.2, -0.15) is 0 Å². The zero-order valence-corrected chi connectivity index (χ0v) is 18.8. The van der Waals surface area contributed by atoms with Gasteiger partial charge in [-0.25, -0.2) is 0 Å². The Balaban J connectivity index is 1.80. The van der Waals surface area contributed by atoms with Gasteiger partial charge in [0, 0.05) is 31.0 Å². The number of allylic oxidation sites excluding steroid dienone is 1. The van der Waals surface area contributed by atoms with E-state index >= 15 is 0 Å². The van der Waals surface area contributed by atoms with Gasteiger partial charge in [-0.1, -0.05) is 25.1 Å². The standard InChI is InChI=1S/C24H30N4S/c1-6-13-28-22(21(26-23(28)29)19-9-7-8-12-25-19)17-10-11-20-18(14-17)16(2)15-24(3,4)27(20)5/h7-12,14-15,21-22H,6,13H2,1-5H3,(H,26,29)/t21-,22+/m1/s1. The fourth-order valence-electron chi connectivity index (χ4n) is 4.61. The number of anilines is 1. The molecule has 2 aliphatic rings. The molecule has 2 aliphatic heterocycles. The summed E-state index contributed by atoms with van der Waals surface area (Å²) >= 11 is 5.72. The average molecular weight is 407 g/mol. The summed E-state index contributed by atoms with van der Waals surface area (Å²) in [5, 5.41) is 4.35. The molecule has 29 heavy (non-hydrogen) atoms. The van der Waals surface area contributed by atoms with Gasteiger partial charge in [0.25, 0.3) is 0 Å². The lowest BCUT2D eigenvalue weighted by molar-refractivity contribution is 0.317. The monoisotopic (exact) mass is 406 g/mol. The summed E-state index contributed by atoms with van der Waals surface area (Å²) < 4.78 is 0. The molecule has 2 aromatic rings. The van der Waals surface area contributed by atoms with E-state index in [1.165, 1.54) is 22.4 Å². The van der Waals surface area contributed by atoms with Gasteiger partial charge < -0.3 is 15.1 Å². The van der Waals surface area contributed by atoms with Crippen LogP contribution in [0.4, 0.5) is 5.69 Å². The van der Waals surface area contributed by atoms with Crippen LogP contribution in [0.5, 0.6) is 0 Å². The average Bonchev–Trinajstić information content (AvgIpc) is 3.03. The molecule has 0 spiro atoms. The molecule has 1 N–H and O–H groups in total. The summed E-state index contributed by atoms with van der Waals surface area (Å²) in [7, 11) is 2.17. The molecule has 5 heteroatoms. The molecule has 0 amide bonds. The molecule has 2 atom stereocenters. The molecule has 4 nitrogen and oxygen atoms in total. The molecule has 152 valence electrons. The van der Waals surface area contributed by atoms with Gasteiger partial charge in [0.2, 0.25) is 0 Å². The highest BCUT2D eigenvalue weighted by atomic mass is 32.1. The molecule has 0 saturated carbocycles. The topological polar surface area (TPSA) is 31.4 Å². The number of nitrogens with zero attached hydrogens (tertiary/aromatic N) is 3. The summed E-state index contributed by atoms with van der Waals surface area (Å²) in [6.45, 7) is 9.86. The van der Waals surface area contributed by atoms with E-state index < -0.39 is 0 Å². The van der Waals surface area contributed by atoms with Crippen molar-refractivity contribution in [2.24, 2.45) is 0 Å². The van der Waals surface area contributed by atoms with Crippen LogP contribution in [0.2, 0.25) is 0 Å². The molecular formula is C24H30N4S. The van der Waals surface area contributed by atoms with Crippen molar-refractivity contribution in [2.75, 3.05) is 18.5 Å². The fourth-order valence-corrected chi connectivity index (χ4v) is 4.94. The van der Waals surface area contributed by atoms with Crippen molar-refractivity contribution in [3.63, 3.8) is 0 Å². The highest BCUT2D eigenvalue weighted by Gasteiger charge is 2.40. The van der Waals surface area contributed by atoms with Gasteiger partial charge in [0.15, 0.2) is 5.11 Å². The zero-order chi connectivity index (χ0) is 20.8. The Labute approximate surface area is 179 Å². The van der Waals surface area contributed by atoms with Crippen LogP contribution < -0.4 is 10.2 Å². The normalized spacial score (nSPS) is 22.9. The molecule has 0 aliphatic carbocycles. The van der Waals surface area contributed by atoms with E-state index in [2.05, 4.69) is 85.2 Å². The van der Waals surface area contributed by atoms with E-state index in [1.54, 1.807) is 0 Å². The van der Waals surface area contributed by atoms with E-state index in [4.69, 9.17) is 12.2 Å². The largest absolute Gasteiger partial charge is 0.366 e. The molecule has 0 bridgehead atoms. The summed E-state index contributed by atoms with van der Waals surface area (Å²) in [6, 6.07) is 13.2. The minimum Gasteiger partial charge on any atom is -0.366 e. The highest BCUT2D eigenvalue weighted by Crippen LogP contribution is 2.43. The first-order valence-electron chi connectivity index (χ1n) is 10.4. The van der Waals surface area contributed by atoms with Crippen molar-refractivity contribution in [3.8, 4) is 0 Å². The van der Waals surface area contributed by atoms with Gasteiger partial charge in [0.05, 0.1) is 23.3 Å². The minimum absolute atomic E-state index is 0.0137. The Morgan fingerprint density at radius 1 is 1.21 bits per heavy atom. The maximum Gasteiger partial charge on any atom is 0.170 e. The SMILES string of the molecule is CCCN1C(=S)N[C@H](c2ccccn2)[C@@H]1c1ccc2c(c1)C(C)=CC(C)(C)N2C. The van der Waals surface area contributed by atoms with E-state index in [0.29, 0.717) is 0 Å². The van der Waals surface area contributed by atoms with Gasteiger partial charge >= 0.3 is 0 Å². The first-order chi connectivity index (χ1) is 13.8. The number of aromatic nitrogens is 1. The molecule has 3 heterocycles. The summed E-state index contributed by atoms with van der Waals surface area (Å²) in [5.41, 5.74) is 6.24. The summed E-state index contributed by atoms with van der Waals surface area (Å²) in [4.78, 5) is 9.31. The molecule has 0 unspecified atom stereocenters. The molecule has 1 aromatic carbocycles. The van der Waals surface area contributed by atoms with E-state index in [-0.39, 0.29) is 17.6 Å². The Morgan fingerprint density at radius 3 is 2.69 bits per heavy atom. The van der Waals surface area contributed by atoms with Crippen LogP contribution >= 0.6 is 12.2 Å². The number of benzene rings is 1. The number of nitrogens with one attached hydrogen (secondary N) is 1. The van der Waals surface area contributed by atoms with Crippen LogP contribution in [0.15, 0.2) is 48.7 Å². The Kier molecular flexibility index (Phi) is 5.11. The minimum atomic E-state index is 0.0137. The number of likely N-dealkylation sites (N-methyl/N-ethyl adjacent to an activating group) is 1. The smallest absolute Gasteiger partial charge is 0.170 e. The second-order valence-electron chi connectivity index (χ2n) is 8.64. The van der Waals surface area contributed by atoms with Crippen molar-refractivity contribution >= 4 is 28.6 Å². The van der Waals surface area contributed by atoms with Crippen LogP contribution in [0.25, 0.3) is 5.57 Å². The van der Waals surface area contributed by atoms with Gasteiger partial charge in [-0.15, -0.1) is 0 Å². The van der Waals surface area contributed by atoms with Gasteiger partial charge in [-0.3, -0.25) is 4.98 Å². The third-order valence-electron chi connectivity index (χ3n) is 6.24. The number of pyridine rings is 1. The molecule has 1 aromatic heterocycles. The maximum atomic E-state index is 5.72. The number of rotatable bonds is 4. The van der Waals surface area contributed by atoms with Crippen LogP contribution in [0, 0.1) is 0 Å². The van der Waals surface area contributed by atoms with E-state index in [9.17, 15) is 0 Å². The van der Waals surface area contributed by atoms with Gasteiger partial charge in [-0.05, 0) is 74.8 Å². The van der Waals surface area contributed by atoms with Crippen molar-refractivity contribution in [3.05, 3.63) is 65.5 Å². The van der Waals surface area contributed by atoms with E-state index in [1.807, 2.05) is 18.3 Å². The lowest BCUT2D eigenvalue weighted by Gasteiger charge is -2.41. The van der Waals surface area contributed by atoms with Crippen molar-refractivity contribution in [1.29, 1.82) is 0 Å². The third kappa shape index (κ3) is 3.42. The predicted octanol–water partition coefficient (Wildman–Crippen LogP) is 5.10. The highest BCUT2D eigenvalue weighted by molar-refractivity contribution is 7.80. The van der Waals surface area contributed by atoms with Crippen molar-refractivity contribution in [2.45, 2.75) is 51.7 Å². The number of fused-ring (bicyclic) bond motifs is 1. The van der Waals surface area contributed by atoms with Crippen LogP contribution in [0.3, 0.4) is 0 Å². The van der Waals surface area contributed by atoms with E-state index in [0.717, 1.165) is 23.8 Å². The van der Waals surface area contributed by atoms with Gasteiger partial charge in [0.1, 0.15) is 0 Å². The Morgan fingerprint density at radius 2 is 2.00 bits per heavy atom. The third-order valence-corrected chi connectivity index (χ3v) is 6.60. The second kappa shape index (κ2) is 7.45. The number of hydrogen-bond acceptors (Lipinski definition) is 3. The molecular weight excluding hydrogens is 376 g/mol. The maximum absolute atomic E-state index is 5.72. The molecule has 1 fully saturated rings. The zero-order valence-electron chi connectivity index (χ0n) is 17.9. The molecule has 1 saturated heterocycles. The first-order valence-corrected chi connectivity index (χ1v) is 10.8. The Bertz CT molecular complexity index is 951. The van der Waals surface area contributed by atoms with Crippen molar-refractivity contribution in [1.82, 2.24) is 15.2 Å². The van der Waals surface area contributed by atoms with Crippen LogP contribution in [-0.4, -0.2) is 34.1 Å². The Hall–Kier alpha value is -2.40. The molecule has 4 rings (SSSR count). The molecule has 0 radical (unpaired) electrons. The second-order valence-corrected chi connectivity index (χ2v) is 9.02. The predicted molar refractivity (Wildman–Crippen MR) is 125 cm³/mol. The lowest BCUT2D eigenvalue weighted by atomic mass is 9.86. The lowest BCUT2D eigenvalue weighted by Crippen LogP contribution is -2.42. The summed E-state index contributed by atoms with van der Waals surface area (Å²) in [6.07, 6.45) is 5.27.